The van der Waals surface area contributed by atoms with Crippen LogP contribution < -0.4 is 4.90 Å². The highest BCUT2D eigenvalue weighted by atomic mass is 19.4. The van der Waals surface area contributed by atoms with E-state index in [0.717, 1.165) is 11.0 Å². The summed E-state index contributed by atoms with van der Waals surface area (Å²) in [6, 6.07) is 4.73. The molecule has 0 N–H and O–H groups in total. The van der Waals surface area contributed by atoms with Crippen molar-refractivity contribution >= 4 is 17.4 Å². The Hall–Kier alpha value is -2.11. The third kappa shape index (κ3) is 3.94. The minimum absolute atomic E-state index is 0.0144. The van der Waals surface area contributed by atoms with Crippen LogP contribution in [-0.4, -0.2) is 18.7 Å². The highest BCUT2D eigenvalue weighted by Gasteiger charge is 2.35. The van der Waals surface area contributed by atoms with Crippen LogP contribution in [0.2, 0.25) is 0 Å². The average Bonchev–Trinajstić information content (AvgIpc) is 2.37. The van der Waals surface area contributed by atoms with Crippen LogP contribution >= 0.6 is 0 Å². The van der Waals surface area contributed by atoms with Gasteiger partial charge in [-0.15, -0.1) is 6.58 Å². The molecule has 1 rings (SSSR count). The van der Waals surface area contributed by atoms with Crippen LogP contribution in [0, 0.1) is 0 Å². The normalized spacial score (nSPS) is 11.0. The van der Waals surface area contributed by atoms with Crippen molar-refractivity contribution in [2.45, 2.75) is 19.0 Å². The molecule has 0 atom stereocenters. The van der Waals surface area contributed by atoms with Crippen molar-refractivity contribution < 1.29 is 22.8 Å². The minimum atomic E-state index is -4.56. The highest BCUT2D eigenvalue weighted by Crippen LogP contribution is 2.36. The number of allylic oxidation sites excluding steroid dienone is 1. The summed E-state index contributed by atoms with van der Waals surface area (Å²) in [4.78, 5) is 24.0. The number of amides is 1. The number of benzene rings is 1. The third-order valence-electron chi connectivity index (χ3n) is 2.67. The van der Waals surface area contributed by atoms with E-state index in [-0.39, 0.29) is 17.9 Å². The molecule has 108 valence electrons. The standard InChI is InChI=1S/C14H14F3NO2/c1-3-6-10(19)9-13(20)18(2)12-8-5-4-7-11(12)14(15,16)17/h3-5,7-8H,1,6,9H2,2H3. The Morgan fingerprint density at radius 3 is 2.45 bits per heavy atom. The Balaban J connectivity index is 2.98. The first-order valence-electron chi connectivity index (χ1n) is 5.82. The van der Waals surface area contributed by atoms with E-state index in [0.29, 0.717) is 0 Å². The summed E-state index contributed by atoms with van der Waals surface area (Å²) in [5, 5.41) is 0. The second-order valence-electron chi connectivity index (χ2n) is 4.18. The van der Waals surface area contributed by atoms with Gasteiger partial charge < -0.3 is 4.90 Å². The number of halogens is 3. The summed E-state index contributed by atoms with van der Waals surface area (Å²) in [6.07, 6.45) is -3.65. The van der Waals surface area contributed by atoms with E-state index in [2.05, 4.69) is 6.58 Å². The largest absolute Gasteiger partial charge is 0.418 e. The second-order valence-corrected chi connectivity index (χ2v) is 4.18. The Kier molecular flexibility index (Phi) is 5.07. The number of anilines is 1. The summed E-state index contributed by atoms with van der Waals surface area (Å²) in [5.41, 5.74) is -1.18. The van der Waals surface area contributed by atoms with Crippen LogP contribution in [0.5, 0.6) is 0 Å². The van der Waals surface area contributed by atoms with Crippen molar-refractivity contribution in [3.8, 4) is 0 Å². The van der Waals surface area contributed by atoms with Gasteiger partial charge in [-0.1, -0.05) is 18.2 Å². The zero-order chi connectivity index (χ0) is 15.3. The molecule has 0 saturated heterocycles. The van der Waals surface area contributed by atoms with E-state index in [1.165, 1.54) is 31.3 Å². The van der Waals surface area contributed by atoms with E-state index < -0.39 is 24.1 Å². The zero-order valence-corrected chi connectivity index (χ0v) is 10.9. The molecule has 0 spiro atoms. The summed E-state index contributed by atoms with van der Waals surface area (Å²) in [7, 11) is 1.22. The van der Waals surface area contributed by atoms with Crippen LogP contribution in [0.25, 0.3) is 0 Å². The predicted octanol–water partition coefficient (Wildman–Crippen LogP) is 3.20. The van der Waals surface area contributed by atoms with Gasteiger partial charge >= 0.3 is 6.18 Å². The van der Waals surface area contributed by atoms with Crippen molar-refractivity contribution in [3.63, 3.8) is 0 Å². The first-order valence-corrected chi connectivity index (χ1v) is 5.82. The smallest absolute Gasteiger partial charge is 0.314 e. The van der Waals surface area contributed by atoms with E-state index in [4.69, 9.17) is 0 Å². The topological polar surface area (TPSA) is 37.4 Å². The molecule has 1 aromatic rings. The molecule has 0 aliphatic rings. The molecule has 6 heteroatoms. The number of Topliss-reactive ketones (excluding diaryl/α,β-unsaturated/α-hetero) is 1. The lowest BCUT2D eigenvalue weighted by atomic mass is 10.1. The van der Waals surface area contributed by atoms with Crippen molar-refractivity contribution in [1.29, 1.82) is 0 Å². The number of hydrogen-bond acceptors (Lipinski definition) is 2. The monoisotopic (exact) mass is 285 g/mol. The zero-order valence-electron chi connectivity index (χ0n) is 10.9. The molecular formula is C14H14F3NO2. The van der Waals surface area contributed by atoms with Crippen LogP contribution in [0.3, 0.4) is 0 Å². The van der Waals surface area contributed by atoms with Gasteiger partial charge in [0.2, 0.25) is 5.91 Å². The molecule has 0 aliphatic carbocycles. The molecular weight excluding hydrogens is 271 g/mol. The van der Waals surface area contributed by atoms with Crippen LogP contribution in [0.1, 0.15) is 18.4 Å². The Morgan fingerprint density at radius 2 is 1.90 bits per heavy atom. The molecule has 1 amide bonds. The molecule has 0 heterocycles. The number of hydrogen-bond donors (Lipinski definition) is 0. The van der Waals surface area contributed by atoms with Crippen LogP contribution in [0.15, 0.2) is 36.9 Å². The second kappa shape index (κ2) is 6.36. The van der Waals surface area contributed by atoms with E-state index >= 15 is 0 Å². The van der Waals surface area contributed by atoms with E-state index in [1.807, 2.05) is 0 Å². The molecule has 0 saturated carbocycles. The maximum atomic E-state index is 12.8. The third-order valence-corrected chi connectivity index (χ3v) is 2.67. The quantitative estimate of drug-likeness (QED) is 0.615. The number of rotatable bonds is 5. The molecule has 0 aromatic heterocycles. The number of carbonyl (C=O) groups excluding carboxylic acids is 2. The molecule has 0 radical (unpaired) electrons. The maximum Gasteiger partial charge on any atom is 0.418 e. The summed E-state index contributed by atoms with van der Waals surface area (Å²) in [5.74, 6) is -1.07. The van der Waals surface area contributed by atoms with Gasteiger partial charge in [-0.3, -0.25) is 9.59 Å². The van der Waals surface area contributed by atoms with Gasteiger partial charge in [0.15, 0.2) is 0 Å². The number of para-hydroxylation sites is 1. The minimum Gasteiger partial charge on any atom is -0.314 e. The molecule has 0 aliphatic heterocycles. The molecule has 1 aromatic carbocycles. The maximum absolute atomic E-state index is 12.8. The van der Waals surface area contributed by atoms with Gasteiger partial charge in [0.25, 0.3) is 0 Å². The van der Waals surface area contributed by atoms with Crippen LogP contribution in [-0.2, 0) is 15.8 Å². The first-order chi connectivity index (χ1) is 9.27. The highest BCUT2D eigenvalue weighted by molar-refractivity contribution is 6.06. The fourth-order valence-electron chi connectivity index (χ4n) is 1.66. The number of carbonyl (C=O) groups is 2. The van der Waals surface area contributed by atoms with Crippen molar-refractivity contribution in [2.75, 3.05) is 11.9 Å². The summed E-state index contributed by atoms with van der Waals surface area (Å²) >= 11 is 0. The molecule has 0 bridgehead atoms. The lowest BCUT2D eigenvalue weighted by molar-refractivity contribution is -0.137. The number of ketones is 1. The molecule has 3 nitrogen and oxygen atoms in total. The van der Waals surface area contributed by atoms with Crippen molar-refractivity contribution in [2.24, 2.45) is 0 Å². The van der Waals surface area contributed by atoms with Crippen LogP contribution in [0.4, 0.5) is 18.9 Å². The number of nitrogens with zero attached hydrogens (tertiary/aromatic N) is 1. The SMILES string of the molecule is C=CCC(=O)CC(=O)N(C)c1ccccc1C(F)(F)F. The molecule has 20 heavy (non-hydrogen) atoms. The Labute approximate surface area is 114 Å². The number of alkyl halides is 3. The fourth-order valence-corrected chi connectivity index (χ4v) is 1.66. The Bertz CT molecular complexity index is 523. The first kappa shape index (κ1) is 15.9. The van der Waals surface area contributed by atoms with Gasteiger partial charge in [0.05, 0.1) is 17.7 Å². The summed E-state index contributed by atoms with van der Waals surface area (Å²) < 4.78 is 38.5. The van der Waals surface area contributed by atoms with E-state index in [9.17, 15) is 22.8 Å². The van der Waals surface area contributed by atoms with Gasteiger partial charge in [-0.05, 0) is 12.1 Å². The fraction of sp³-hybridized carbons (Fsp3) is 0.286. The van der Waals surface area contributed by atoms with Gasteiger partial charge in [0, 0.05) is 13.5 Å². The predicted molar refractivity (Wildman–Crippen MR) is 69.3 cm³/mol. The lowest BCUT2D eigenvalue weighted by Crippen LogP contribution is -2.30. The lowest BCUT2D eigenvalue weighted by Gasteiger charge is -2.21. The molecule has 0 unspecified atom stereocenters. The summed E-state index contributed by atoms with van der Waals surface area (Å²) in [6.45, 7) is 3.36. The van der Waals surface area contributed by atoms with E-state index in [1.54, 1.807) is 0 Å². The van der Waals surface area contributed by atoms with Gasteiger partial charge in [-0.2, -0.15) is 13.2 Å². The van der Waals surface area contributed by atoms with Gasteiger partial charge in [0.1, 0.15) is 5.78 Å². The van der Waals surface area contributed by atoms with Gasteiger partial charge in [-0.25, -0.2) is 0 Å². The van der Waals surface area contributed by atoms with Crippen molar-refractivity contribution in [1.82, 2.24) is 0 Å². The van der Waals surface area contributed by atoms with Crippen molar-refractivity contribution in [3.05, 3.63) is 42.5 Å². The average molecular weight is 285 g/mol. The Morgan fingerprint density at radius 1 is 1.30 bits per heavy atom. The molecule has 0 fully saturated rings.